The average Bonchev–Trinajstić information content (AvgIpc) is 3.04. The number of carbonyl (C=O) groups excluding carboxylic acids is 2. The average molecular weight is 688 g/mol. The van der Waals surface area contributed by atoms with Gasteiger partial charge in [-0.1, -0.05) is 108 Å². The van der Waals surface area contributed by atoms with E-state index in [2.05, 4.69) is 54.8 Å². The van der Waals surface area contributed by atoms with Crippen molar-refractivity contribution < 1.29 is 47.5 Å². The third-order valence-corrected chi connectivity index (χ3v) is 8.09. The summed E-state index contributed by atoms with van der Waals surface area (Å²) in [6.07, 6.45) is 30.0. The number of unbranched alkanes of at least 4 members (excludes halogenated alkanes) is 12. The van der Waals surface area contributed by atoms with Crippen molar-refractivity contribution in [3.05, 3.63) is 36.5 Å². The number of nitrogens with two attached hydrogens (primary N) is 1. The van der Waals surface area contributed by atoms with E-state index in [-0.39, 0.29) is 19.4 Å². The smallest absolute Gasteiger partial charge is 0.472 e. The third kappa shape index (κ3) is 30.8. The quantitative estimate of drug-likeness (QED) is 0.0270. The first-order chi connectivity index (χ1) is 22.6. The topological polar surface area (TPSA) is 172 Å². The minimum Gasteiger partial charge on any atom is -0.480 e. The van der Waals surface area contributed by atoms with Crippen molar-refractivity contribution in [3.63, 3.8) is 0 Å². The van der Waals surface area contributed by atoms with Crippen molar-refractivity contribution in [3.8, 4) is 0 Å². The molecule has 11 nitrogen and oxygen atoms in total. The summed E-state index contributed by atoms with van der Waals surface area (Å²) in [5.41, 5.74) is 5.28. The van der Waals surface area contributed by atoms with Crippen LogP contribution in [0.2, 0.25) is 0 Å². The number of ether oxygens (including phenoxy) is 2. The molecule has 0 bridgehead atoms. The number of carboxylic acids is 1. The molecule has 0 radical (unpaired) electrons. The van der Waals surface area contributed by atoms with Gasteiger partial charge < -0.3 is 25.2 Å². The first kappa shape index (κ1) is 44.7. The highest BCUT2D eigenvalue weighted by atomic mass is 31.2. The van der Waals surface area contributed by atoms with Crippen LogP contribution in [0.15, 0.2) is 36.5 Å². The summed E-state index contributed by atoms with van der Waals surface area (Å²) in [4.78, 5) is 45.2. The van der Waals surface area contributed by atoms with Crippen LogP contribution >= 0.6 is 7.82 Å². The molecule has 3 unspecified atom stereocenters. The van der Waals surface area contributed by atoms with E-state index in [9.17, 15) is 23.8 Å². The third-order valence-electron chi connectivity index (χ3n) is 7.14. The SMILES string of the molecule is CCCCC/C=C\C/C=C\C/C=C\CCCCCCCCC(=O)OC(COC(=O)CCCCCC)COP(=O)(O)OCC(N)C(=O)O. The highest BCUT2D eigenvalue weighted by molar-refractivity contribution is 7.47. The second kappa shape index (κ2) is 31.0. The van der Waals surface area contributed by atoms with Crippen LogP contribution in [-0.4, -0.2) is 59.9 Å². The molecule has 0 aromatic heterocycles. The van der Waals surface area contributed by atoms with Crippen molar-refractivity contribution in [2.75, 3.05) is 19.8 Å². The standard InChI is InChI=1S/C35H62NO10P/c1-3-5-7-9-10-11-12-13-14-15-16-17-18-19-20-21-22-23-25-27-34(38)46-31(28-43-33(37)26-24-8-6-4-2)29-44-47(41,42)45-30-32(36)35(39)40/h10-11,13-14,16-17,31-32H,3-9,12,15,18-30,36H2,1-2H3,(H,39,40)(H,41,42)/b11-10-,14-13-,17-16-. The molecule has 0 aliphatic rings. The molecule has 0 aromatic rings. The van der Waals surface area contributed by atoms with Crippen LogP contribution in [0.25, 0.3) is 0 Å². The minimum absolute atomic E-state index is 0.146. The van der Waals surface area contributed by atoms with Gasteiger partial charge in [0.25, 0.3) is 0 Å². The van der Waals surface area contributed by atoms with Gasteiger partial charge in [-0.2, -0.15) is 0 Å². The first-order valence-electron chi connectivity index (χ1n) is 17.5. The van der Waals surface area contributed by atoms with Gasteiger partial charge in [0.2, 0.25) is 0 Å². The zero-order valence-electron chi connectivity index (χ0n) is 28.9. The first-order valence-corrected chi connectivity index (χ1v) is 19.0. The van der Waals surface area contributed by atoms with Gasteiger partial charge in [0.15, 0.2) is 6.10 Å². The van der Waals surface area contributed by atoms with Gasteiger partial charge in [-0.05, 0) is 51.4 Å². The second-order valence-corrected chi connectivity index (χ2v) is 13.1. The van der Waals surface area contributed by atoms with E-state index in [4.69, 9.17) is 24.8 Å². The molecule has 0 rings (SSSR count). The van der Waals surface area contributed by atoms with Gasteiger partial charge in [-0.3, -0.25) is 23.4 Å². The number of hydrogen-bond donors (Lipinski definition) is 3. The Hall–Kier alpha value is -2.30. The van der Waals surface area contributed by atoms with Crippen LogP contribution < -0.4 is 5.73 Å². The van der Waals surface area contributed by atoms with Gasteiger partial charge in [0.05, 0.1) is 13.2 Å². The molecular weight excluding hydrogens is 625 g/mol. The summed E-state index contributed by atoms with van der Waals surface area (Å²) >= 11 is 0. The van der Waals surface area contributed by atoms with Crippen molar-refractivity contribution in [1.82, 2.24) is 0 Å². The van der Waals surface area contributed by atoms with Crippen molar-refractivity contribution in [2.24, 2.45) is 5.73 Å². The van der Waals surface area contributed by atoms with E-state index in [0.717, 1.165) is 70.6 Å². The lowest BCUT2D eigenvalue weighted by Crippen LogP contribution is -2.34. The summed E-state index contributed by atoms with van der Waals surface area (Å²) in [6.45, 7) is 2.58. The summed E-state index contributed by atoms with van der Waals surface area (Å²) in [7, 11) is -4.70. The zero-order chi connectivity index (χ0) is 35.0. The fraction of sp³-hybridized carbons (Fsp3) is 0.743. The Bertz CT molecular complexity index is 953. The lowest BCUT2D eigenvalue weighted by Gasteiger charge is -2.20. The predicted octanol–water partition coefficient (Wildman–Crippen LogP) is 8.11. The van der Waals surface area contributed by atoms with Gasteiger partial charge in [0.1, 0.15) is 12.6 Å². The predicted molar refractivity (Wildman–Crippen MR) is 185 cm³/mol. The van der Waals surface area contributed by atoms with E-state index < -0.39 is 51.1 Å². The molecular formula is C35H62NO10P. The maximum atomic E-state index is 12.5. The van der Waals surface area contributed by atoms with Crippen LogP contribution in [0.1, 0.15) is 136 Å². The Balaban J connectivity index is 4.31. The van der Waals surface area contributed by atoms with Gasteiger partial charge in [-0.25, -0.2) is 4.57 Å². The normalized spacial score (nSPS) is 14.5. The van der Waals surface area contributed by atoms with Gasteiger partial charge in [-0.15, -0.1) is 0 Å². The van der Waals surface area contributed by atoms with Crippen LogP contribution in [0.5, 0.6) is 0 Å². The largest absolute Gasteiger partial charge is 0.480 e. The number of carbonyl (C=O) groups is 3. The summed E-state index contributed by atoms with van der Waals surface area (Å²) in [5, 5.41) is 8.81. The molecule has 0 amide bonds. The molecule has 0 aliphatic carbocycles. The monoisotopic (exact) mass is 687 g/mol. The molecule has 0 aliphatic heterocycles. The number of phosphoric acid groups is 1. The van der Waals surface area contributed by atoms with Crippen LogP contribution in [-0.2, 0) is 37.5 Å². The highest BCUT2D eigenvalue weighted by Crippen LogP contribution is 2.43. The second-order valence-electron chi connectivity index (χ2n) is 11.7. The maximum Gasteiger partial charge on any atom is 0.472 e. The Kier molecular flexibility index (Phi) is 29.5. The summed E-state index contributed by atoms with van der Waals surface area (Å²) in [6, 6.07) is -1.52. The number of carboxylic acid groups (broad SMARTS) is 1. The molecule has 0 aromatic carbocycles. The number of phosphoric ester groups is 1. The minimum atomic E-state index is -4.70. The van der Waals surface area contributed by atoms with Crippen LogP contribution in [0.3, 0.4) is 0 Å². The van der Waals surface area contributed by atoms with Gasteiger partial charge in [0, 0.05) is 12.8 Å². The Labute approximate surface area is 282 Å². The van der Waals surface area contributed by atoms with E-state index in [0.29, 0.717) is 12.8 Å². The Morgan fingerprint density at radius 3 is 1.72 bits per heavy atom. The molecule has 47 heavy (non-hydrogen) atoms. The molecule has 272 valence electrons. The molecule has 0 saturated heterocycles. The van der Waals surface area contributed by atoms with E-state index >= 15 is 0 Å². The number of aliphatic carboxylic acids is 1. The van der Waals surface area contributed by atoms with Crippen molar-refractivity contribution in [1.29, 1.82) is 0 Å². The number of allylic oxidation sites excluding steroid dienone is 6. The van der Waals surface area contributed by atoms with Crippen molar-refractivity contribution in [2.45, 2.75) is 148 Å². The van der Waals surface area contributed by atoms with E-state index in [1.807, 2.05) is 0 Å². The van der Waals surface area contributed by atoms with Gasteiger partial charge >= 0.3 is 25.7 Å². The molecule has 3 atom stereocenters. The molecule has 12 heteroatoms. The Morgan fingerprint density at radius 1 is 0.660 bits per heavy atom. The zero-order valence-corrected chi connectivity index (χ0v) is 29.8. The highest BCUT2D eigenvalue weighted by Gasteiger charge is 2.28. The fourth-order valence-electron chi connectivity index (χ4n) is 4.30. The molecule has 0 saturated carbocycles. The molecule has 0 spiro atoms. The number of esters is 2. The molecule has 4 N–H and O–H groups in total. The van der Waals surface area contributed by atoms with Crippen LogP contribution in [0, 0.1) is 0 Å². The summed E-state index contributed by atoms with van der Waals surface area (Å²) in [5.74, 6) is -2.42. The maximum absolute atomic E-state index is 12.5. The van der Waals surface area contributed by atoms with Crippen molar-refractivity contribution >= 4 is 25.7 Å². The number of rotatable bonds is 32. The van der Waals surface area contributed by atoms with Crippen LogP contribution in [0.4, 0.5) is 0 Å². The fourth-order valence-corrected chi connectivity index (χ4v) is 5.08. The summed E-state index contributed by atoms with van der Waals surface area (Å²) < 4.78 is 32.2. The lowest BCUT2D eigenvalue weighted by molar-refractivity contribution is -0.161. The van der Waals surface area contributed by atoms with E-state index in [1.54, 1.807) is 0 Å². The lowest BCUT2D eigenvalue weighted by atomic mass is 10.1. The number of hydrogen-bond acceptors (Lipinski definition) is 9. The van der Waals surface area contributed by atoms with E-state index in [1.165, 1.54) is 25.7 Å². The molecule has 0 fully saturated rings. The Morgan fingerprint density at radius 2 is 1.13 bits per heavy atom. The molecule has 0 heterocycles.